The maximum atomic E-state index is 13.7. The second kappa shape index (κ2) is 19.8. The molecule has 0 saturated carbocycles. The van der Waals surface area contributed by atoms with E-state index in [4.69, 9.17) is 18.5 Å². The second-order valence-corrected chi connectivity index (χ2v) is 15.9. The van der Waals surface area contributed by atoms with Crippen LogP contribution in [0.25, 0.3) is 11.3 Å². The van der Waals surface area contributed by atoms with Gasteiger partial charge in [-0.1, -0.05) is 63.4 Å². The fourth-order valence-electron chi connectivity index (χ4n) is 5.45. The lowest BCUT2D eigenvalue weighted by Gasteiger charge is -2.32. The summed E-state index contributed by atoms with van der Waals surface area (Å²) in [4.78, 5) is 56.3. The number of ether oxygens (including phenoxy) is 1. The minimum absolute atomic E-state index is 0.0102. The molecule has 4 amide bonds. The molecule has 1 unspecified atom stereocenters. The maximum absolute atomic E-state index is 13.7. The predicted molar refractivity (Wildman–Crippen MR) is 199 cm³/mol. The van der Waals surface area contributed by atoms with Crippen molar-refractivity contribution in [3.8, 4) is 17.1 Å². The first-order valence-corrected chi connectivity index (χ1v) is 19.7. The minimum atomic E-state index is -3.29. The van der Waals surface area contributed by atoms with Crippen LogP contribution in [0.4, 0.5) is 4.79 Å². The fraction of sp³-hybridized carbons (Fsp3) is 0.474. The largest absolute Gasteiger partial charge is 0.494 e. The molecular weight excluding hydrogens is 687 g/mol. The van der Waals surface area contributed by atoms with Gasteiger partial charge in [0.15, 0.2) is 5.76 Å². The summed E-state index contributed by atoms with van der Waals surface area (Å²) in [5.74, 6) is -0.900. The molecule has 2 aromatic carbocycles. The van der Waals surface area contributed by atoms with E-state index >= 15 is 0 Å². The summed E-state index contributed by atoms with van der Waals surface area (Å²) in [6, 6.07) is 16.9. The van der Waals surface area contributed by atoms with Gasteiger partial charge in [-0.3, -0.25) is 18.9 Å². The zero-order valence-electron chi connectivity index (χ0n) is 31.2. The quantitative estimate of drug-likeness (QED) is 0.0373. The van der Waals surface area contributed by atoms with Crippen LogP contribution in [0.5, 0.6) is 5.75 Å². The lowest BCUT2D eigenvalue weighted by atomic mass is 9.90. The number of unbranched alkanes of at least 4 members (excludes halogenated alkanes) is 2. The normalized spacial score (nSPS) is 13.6. The molecule has 0 fully saturated rings. The average Bonchev–Trinajstić information content (AvgIpc) is 3.60. The third kappa shape index (κ3) is 12.9. The molecule has 3 aromatic rings. The van der Waals surface area contributed by atoms with Gasteiger partial charge in [0.05, 0.1) is 31.8 Å². The first kappa shape index (κ1) is 41.8. The first-order chi connectivity index (χ1) is 24.7. The van der Waals surface area contributed by atoms with Crippen molar-refractivity contribution < 1.29 is 42.3 Å². The van der Waals surface area contributed by atoms with Gasteiger partial charge >= 0.3 is 6.09 Å². The molecule has 1 aromatic heterocycles. The number of nitrogens with one attached hydrogen (secondary N) is 3. The average molecular weight is 741 g/mol. The van der Waals surface area contributed by atoms with E-state index in [9.17, 15) is 23.7 Å². The van der Waals surface area contributed by atoms with Gasteiger partial charge < -0.3 is 34.5 Å². The van der Waals surface area contributed by atoms with E-state index in [1.54, 1.807) is 58.6 Å². The second-order valence-electron chi connectivity index (χ2n) is 13.4. The molecule has 3 atom stereocenters. The van der Waals surface area contributed by atoms with Gasteiger partial charge in [0.25, 0.3) is 5.91 Å². The summed E-state index contributed by atoms with van der Waals surface area (Å²) >= 11 is 0. The molecule has 3 N–H and O–H groups in total. The van der Waals surface area contributed by atoms with E-state index in [-0.39, 0.29) is 19.0 Å². The van der Waals surface area contributed by atoms with Crippen LogP contribution in [-0.2, 0) is 30.1 Å². The number of benzene rings is 2. The summed E-state index contributed by atoms with van der Waals surface area (Å²) in [7, 11) is -3.29. The highest BCUT2D eigenvalue weighted by atomic mass is 31.2. The zero-order chi connectivity index (χ0) is 38.3. The van der Waals surface area contributed by atoms with E-state index in [1.807, 2.05) is 44.2 Å². The molecule has 0 spiro atoms. The van der Waals surface area contributed by atoms with Crippen molar-refractivity contribution in [2.24, 2.45) is 5.92 Å². The molecule has 3 rings (SSSR count). The summed E-state index contributed by atoms with van der Waals surface area (Å²) in [6.45, 7) is 12.9. The van der Waals surface area contributed by atoms with Gasteiger partial charge in [-0.25, -0.2) is 4.79 Å². The van der Waals surface area contributed by atoms with Crippen LogP contribution in [-0.4, -0.2) is 60.9 Å². The number of amides is 4. The summed E-state index contributed by atoms with van der Waals surface area (Å²) in [6.07, 6.45) is 2.88. The lowest BCUT2D eigenvalue weighted by molar-refractivity contribution is -0.169. The van der Waals surface area contributed by atoms with Crippen LogP contribution in [0.1, 0.15) is 89.8 Å². The van der Waals surface area contributed by atoms with Crippen molar-refractivity contribution in [2.45, 2.75) is 91.8 Å². The summed E-state index contributed by atoms with van der Waals surface area (Å²) < 4.78 is 31.2. The molecule has 0 radical (unpaired) electrons. The van der Waals surface area contributed by atoms with Crippen molar-refractivity contribution >= 4 is 37.0 Å². The van der Waals surface area contributed by atoms with Crippen molar-refractivity contribution in [3.05, 3.63) is 72.0 Å². The third-order valence-electron chi connectivity index (χ3n) is 8.05. The molecule has 0 saturated heterocycles. The number of carbonyl (C=O) groups is 4. The van der Waals surface area contributed by atoms with E-state index in [2.05, 4.69) is 16.0 Å². The Morgan fingerprint density at radius 1 is 0.981 bits per heavy atom. The van der Waals surface area contributed by atoms with Crippen LogP contribution < -0.4 is 26.0 Å². The monoisotopic (exact) mass is 740 g/mol. The Morgan fingerprint density at radius 3 is 2.35 bits per heavy atom. The van der Waals surface area contributed by atoms with Gasteiger partial charge in [0.2, 0.25) is 19.7 Å². The molecule has 1 heterocycles. The Balaban J connectivity index is 1.70. The van der Waals surface area contributed by atoms with Crippen LogP contribution in [0.15, 0.2) is 65.1 Å². The van der Waals surface area contributed by atoms with E-state index in [0.717, 1.165) is 23.5 Å². The van der Waals surface area contributed by atoms with Crippen molar-refractivity contribution in [1.29, 1.82) is 0 Å². The SMILES string of the molecule is CCCCC[C@@H](C(=O)NCNC(=O)c1ccc(-c2cc(OCC)cc(P(C)(=O)OCc3ccccc3)c2)o1)[C@@H](CC)N(C=O)OC(=O)NC(C)(C)C. The van der Waals surface area contributed by atoms with Crippen molar-refractivity contribution in [2.75, 3.05) is 19.9 Å². The molecule has 14 heteroatoms. The third-order valence-corrected chi connectivity index (χ3v) is 9.87. The Kier molecular flexibility index (Phi) is 16.0. The Morgan fingerprint density at radius 2 is 1.71 bits per heavy atom. The highest BCUT2D eigenvalue weighted by molar-refractivity contribution is 7.66. The number of hydroxylamine groups is 2. The van der Waals surface area contributed by atoms with Crippen molar-refractivity contribution in [3.63, 3.8) is 0 Å². The number of nitrogens with zero attached hydrogens (tertiary/aromatic N) is 1. The number of hydrogen-bond donors (Lipinski definition) is 3. The van der Waals surface area contributed by atoms with Crippen LogP contribution in [0, 0.1) is 5.92 Å². The molecular formula is C38H53N4O9P. The maximum Gasteiger partial charge on any atom is 0.432 e. The van der Waals surface area contributed by atoms with Crippen LogP contribution in [0.2, 0.25) is 0 Å². The molecule has 13 nitrogen and oxygen atoms in total. The zero-order valence-corrected chi connectivity index (χ0v) is 32.1. The topological polar surface area (TPSA) is 166 Å². The van der Waals surface area contributed by atoms with Crippen LogP contribution >= 0.6 is 7.37 Å². The Bertz CT molecular complexity index is 1670. The standard InChI is InChI=1S/C38H53N4O9P/c1-8-11-13-18-31(32(9-2)42(26-43)51-37(46)41-38(4,5)6)35(44)39-25-40-36(45)34-20-19-33(50-34)28-21-29(48-10-3)23-30(22-28)52(7,47)49-24-27-16-14-12-15-17-27/h12,14-17,19-23,26,31-32H,8-11,13,18,24-25H2,1-7H3,(H,39,44)(H,40,45)(H,41,46)/t31-,32-,52?/m1/s1. The molecule has 52 heavy (non-hydrogen) atoms. The first-order valence-electron chi connectivity index (χ1n) is 17.7. The number of hydrogen-bond acceptors (Lipinski definition) is 9. The molecule has 0 aliphatic rings. The van der Waals surface area contributed by atoms with Gasteiger partial charge in [-0.15, -0.1) is 0 Å². The smallest absolute Gasteiger partial charge is 0.432 e. The van der Waals surface area contributed by atoms with Gasteiger partial charge in [-0.05, 0) is 76.4 Å². The highest BCUT2D eigenvalue weighted by Crippen LogP contribution is 2.44. The van der Waals surface area contributed by atoms with Crippen molar-refractivity contribution in [1.82, 2.24) is 21.0 Å². The molecule has 0 bridgehead atoms. The van der Waals surface area contributed by atoms with Gasteiger partial charge in [0.1, 0.15) is 11.5 Å². The highest BCUT2D eigenvalue weighted by Gasteiger charge is 2.34. The minimum Gasteiger partial charge on any atom is -0.494 e. The number of furan rings is 1. The van der Waals surface area contributed by atoms with E-state index in [0.29, 0.717) is 54.7 Å². The van der Waals surface area contributed by atoms with E-state index < -0.39 is 42.8 Å². The number of carbonyl (C=O) groups excluding carboxylic acids is 4. The summed E-state index contributed by atoms with van der Waals surface area (Å²) in [5.41, 5.74) is 0.835. The van der Waals surface area contributed by atoms with E-state index in [1.165, 1.54) is 6.07 Å². The Labute approximate surface area is 306 Å². The molecule has 0 aliphatic heterocycles. The van der Waals surface area contributed by atoms with Gasteiger partial charge in [-0.2, -0.15) is 5.06 Å². The molecule has 0 aliphatic carbocycles. The summed E-state index contributed by atoms with van der Waals surface area (Å²) in [5, 5.41) is 9.34. The fourth-order valence-corrected chi connectivity index (χ4v) is 6.73. The van der Waals surface area contributed by atoms with Gasteiger partial charge in [0, 0.05) is 23.1 Å². The van der Waals surface area contributed by atoms with Crippen LogP contribution in [0.3, 0.4) is 0 Å². The molecule has 284 valence electrons. The lowest BCUT2D eigenvalue weighted by Crippen LogP contribution is -2.51. The number of rotatable bonds is 20. The Hall–Kier alpha value is -4.61. The predicted octanol–water partition coefficient (Wildman–Crippen LogP) is 6.77.